The molecule has 1 aromatic carbocycles. The molecule has 0 saturated carbocycles. The fourth-order valence-corrected chi connectivity index (χ4v) is 2.26. The van der Waals surface area contributed by atoms with Crippen LogP contribution in [-0.2, 0) is 14.3 Å². The van der Waals surface area contributed by atoms with Crippen molar-refractivity contribution in [2.45, 2.75) is 26.9 Å². The summed E-state index contributed by atoms with van der Waals surface area (Å²) in [6, 6.07) is 4.94. The van der Waals surface area contributed by atoms with Crippen LogP contribution in [0, 0.1) is 5.92 Å². The maximum Gasteiger partial charge on any atom is 0.344 e. The van der Waals surface area contributed by atoms with E-state index in [0.717, 1.165) is 0 Å². The SMILES string of the molecule is CC(C)CNC(=O)[C@H](C)OC(=O)COc1ccc(Cl)cc1Br. The summed E-state index contributed by atoms with van der Waals surface area (Å²) in [7, 11) is 0. The number of carbonyl (C=O) groups is 2. The normalized spacial score (nSPS) is 11.9. The summed E-state index contributed by atoms with van der Waals surface area (Å²) in [6.45, 7) is 5.73. The molecule has 0 fully saturated rings. The highest BCUT2D eigenvalue weighted by atomic mass is 79.9. The molecule has 1 atom stereocenters. The smallest absolute Gasteiger partial charge is 0.344 e. The molecule has 0 aliphatic carbocycles. The van der Waals surface area contributed by atoms with Crippen LogP contribution >= 0.6 is 27.5 Å². The highest BCUT2D eigenvalue weighted by Gasteiger charge is 2.18. The number of hydrogen-bond acceptors (Lipinski definition) is 4. The number of nitrogens with one attached hydrogen (secondary N) is 1. The van der Waals surface area contributed by atoms with Gasteiger partial charge in [-0.2, -0.15) is 0 Å². The Morgan fingerprint density at radius 1 is 1.32 bits per heavy atom. The summed E-state index contributed by atoms with van der Waals surface area (Å²) in [5.41, 5.74) is 0. The van der Waals surface area contributed by atoms with Crippen LogP contribution in [0.4, 0.5) is 0 Å². The Morgan fingerprint density at radius 2 is 2.00 bits per heavy atom. The van der Waals surface area contributed by atoms with Gasteiger partial charge < -0.3 is 14.8 Å². The molecule has 7 heteroatoms. The van der Waals surface area contributed by atoms with Crippen molar-refractivity contribution in [3.05, 3.63) is 27.7 Å². The van der Waals surface area contributed by atoms with Crippen molar-refractivity contribution in [3.8, 4) is 5.75 Å². The van der Waals surface area contributed by atoms with Crippen LogP contribution in [0.3, 0.4) is 0 Å². The van der Waals surface area contributed by atoms with Gasteiger partial charge in [-0.3, -0.25) is 4.79 Å². The van der Waals surface area contributed by atoms with Gasteiger partial charge >= 0.3 is 5.97 Å². The Morgan fingerprint density at radius 3 is 2.59 bits per heavy atom. The second kappa shape index (κ2) is 9.00. The van der Waals surface area contributed by atoms with Crippen LogP contribution in [0.5, 0.6) is 5.75 Å². The summed E-state index contributed by atoms with van der Waals surface area (Å²) in [5, 5.41) is 3.25. The predicted molar refractivity (Wildman–Crippen MR) is 88.0 cm³/mol. The molecule has 0 radical (unpaired) electrons. The van der Waals surface area contributed by atoms with Gasteiger partial charge in [-0.05, 0) is 47.0 Å². The molecule has 0 heterocycles. The van der Waals surface area contributed by atoms with Gasteiger partial charge in [0.2, 0.25) is 0 Å². The summed E-state index contributed by atoms with van der Waals surface area (Å²) in [4.78, 5) is 23.4. The summed E-state index contributed by atoms with van der Waals surface area (Å²) in [6.07, 6.45) is -0.858. The number of ether oxygens (including phenoxy) is 2. The van der Waals surface area contributed by atoms with E-state index in [4.69, 9.17) is 21.1 Å². The lowest BCUT2D eigenvalue weighted by Gasteiger charge is -2.15. The molecule has 1 amide bonds. The van der Waals surface area contributed by atoms with E-state index in [9.17, 15) is 9.59 Å². The Hall–Kier alpha value is -1.27. The zero-order valence-corrected chi connectivity index (χ0v) is 15.0. The minimum Gasteiger partial charge on any atom is -0.481 e. The van der Waals surface area contributed by atoms with E-state index < -0.39 is 12.1 Å². The number of amides is 1. The Bertz CT molecular complexity index is 536. The number of rotatable bonds is 7. The minimum absolute atomic E-state index is 0.290. The zero-order valence-electron chi connectivity index (χ0n) is 12.7. The van der Waals surface area contributed by atoms with Gasteiger partial charge in [-0.25, -0.2) is 4.79 Å². The first kappa shape index (κ1) is 18.8. The van der Waals surface area contributed by atoms with Crippen LogP contribution in [0.2, 0.25) is 5.02 Å². The van der Waals surface area contributed by atoms with Crippen molar-refractivity contribution >= 4 is 39.4 Å². The Labute approximate surface area is 143 Å². The van der Waals surface area contributed by atoms with Crippen LogP contribution in [-0.4, -0.2) is 31.1 Å². The largest absolute Gasteiger partial charge is 0.481 e. The molecule has 122 valence electrons. The molecule has 1 rings (SSSR count). The van der Waals surface area contributed by atoms with Crippen molar-refractivity contribution in [3.63, 3.8) is 0 Å². The van der Waals surface area contributed by atoms with Crippen molar-refractivity contribution in [1.82, 2.24) is 5.32 Å². The van der Waals surface area contributed by atoms with E-state index in [1.807, 2.05) is 13.8 Å². The summed E-state index contributed by atoms with van der Waals surface area (Å²) < 4.78 is 11.0. The average Bonchev–Trinajstić information content (AvgIpc) is 2.43. The van der Waals surface area contributed by atoms with Gasteiger partial charge in [0.25, 0.3) is 5.91 Å². The Kier molecular flexibility index (Phi) is 7.68. The molecule has 1 N–H and O–H groups in total. The average molecular weight is 393 g/mol. The van der Waals surface area contributed by atoms with Crippen molar-refractivity contribution in [1.29, 1.82) is 0 Å². The van der Waals surface area contributed by atoms with E-state index in [2.05, 4.69) is 21.2 Å². The molecule has 0 spiro atoms. The number of hydrogen-bond donors (Lipinski definition) is 1. The fourth-order valence-electron chi connectivity index (χ4n) is 1.46. The molecule has 0 aromatic heterocycles. The van der Waals surface area contributed by atoms with E-state index in [1.165, 1.54) is 6.92 Å². The highest BCUT2D eigenvalue weighted by molar-refractivity contribution is 9.10. The van der Waals surface area contributed by atoms with Gasteiger partial charge in [0.05, 0.1) is 4.47 Å². The van der Waals surface area contributed by atoms with E-state index >= 15 is 0 Å². The first-order chi connectivity index (χ1) is 10.3. The van der Waals surface area contributed by atoms with Gasteiger partial charge in [0.15, 0.2) is 12.7 Å². The van der Waals surface area contributed by atoms with E-state index in [-0.39, 0.29) is 12.5 Å². The maximum absolute atomic E-state index is 11.7. The molecule has 22 heavy (non-hydrogen) atoms. The van der Waals surface area contributed by atoms with Crippen LogP contribution < -0.4 is 10.1 Å². The predicted octanol–water partition coefficient (Wildman–Crippen LogP) is 3.19. The third-order valence-corrected chi connectivity index (χ3v) is 3.46. The highest BCUT2D eigenvalue weighted by Crippen LogP contribution is 2.27. The quantitative estimate of drug-likeness (QED) is 0.724. The molecule has 0 saturated heterocycles. The molecule has 0 aliphatic heterocycles. The van der Waals surface area contributed by atoms with Crippen LogP contribution in [0.15, 0.2) is 22.7 Å². The van der Waals surface area contributed by atoms with Gasteiger partial charge in [-0.15, -0.1) is 0 Å². The third-order valence-electron chi connectivity index (χ3n) is 2.60. The van der Waals surface area contributed by atoms with E-state index in [1.54, 1.807) is 18.2 Å². The second-order valence-corrected chi connectivity index (χ2v) is 6.43. The van der Waals surface area contributed by atoms with Crippen molar-refractivity contribution < 1.29 is 19.1 Å². The Balaban J connectivity index is 2.41. The summed E-state index contributed by atoms with van der Waals surface area (Å²) >= 11 is 9.09. The molecular formula is C15H19BrClNO4. The molecule has 0 bridgehead atoms. The summed E-state index contributed by atoms with van der Waals surface area (Å²) in [5.74, 6) is -0.139. The van der Waals surface area contributed by atoms with Crippen molar-refractivity contribution in [2.75, 3.05) is 13.2 Å². The van der Waals surface area contributed by atoms with Crippen LogP contribution in [0.25, 0.3) is 0 Å². The third kappa shape index (κ3) is 6.66. The van der Waals surface area contributed by atoms with Crippen molar-refractivity contribution in [2.24, 2.45) is 5.92 Å². The number of halogens is 2. The lowest BCUT2D eigenvalue weighted by Crippen LogP contribution is -2.38. The molecule has 1 aromatic rings. The lowest BCUT2D eigenvalue weighted by molar-refractivity contribution is -0.156. The maximum atomic E-state index is 11.7. The number of carbonyl (C=O) groups excluding carboxylic acids is 2. The van der Waals surface area contributed by atoms with Gasteiger partial charge in [0.1, 0.15) is 5.75 Å². The lowest BCUT2D eigenvalue weighted by atomic mass is 10.2. The van der Waals surface area contributed by atoms with Crippen LogP contribution in [0.1, 0.15) is 20.8 Å². The number of esters is 1. The first-order valence-corrected chi connectivity index (χ1v) is 8.01. The first-order valence-electron chi connectivity index (χ1n) is 6.84. The molecule has 5 nitrogen and oxygen atoms in total. The molecule has 0 unspecified atom stereocenters. The standard InChI is InChI=1S/C15H19BrClNO4/c1-9(2)7-18-15(20)10(3)22-14(19)8-21-13-5-4-11(17)6-12(13)16/h4-6,9-10H,7-8H2,1-3H3,(H,18,20)/t10-/m0/s1. The molecule has 0 aliphatic rings. The number of benzene rings is 1. The monoisotopic (exact) mass is 391 g/mol. The fraction of sp³-hybridized carbons (Fsp3) is 0.467. The van der Waals surface area contributed by atoms with Gasteiger partial charge in [0, 0.05) is 11.6 Å². The second-order valence-electron chi connectivity index (χ2n) is 5.13. The zero-order chi connectivity index (χ0) is 16.7. The van der Waals surface area contributed by atoms with Gasteiger partial charge in [-0.1, -0.05) is 25.4 Å². The molecular weight excluding hydrogens is 374 g/mol. The van der Waals surface area contributed by atoms with E-state index in [0.29, 0.717) is 27.7 Å². The topological polar surface area (TPSA) is 64.6 Å². The minimum atomic E-state index is -0.858.